The minimum atomic E-state index is -0.389. The van der Waals surface area contributed by atoms with Crippen molar-refractivity contribution in [2.75, 3.05) is 13.2 Å². The lowest BCUT2D eigenvalue weighted by atomic mass is 10.1. The minimum Gasteiger partial charge on any atom is -0.387 e. The lowest BCUT2D eigenvalue weighted by Gasteiger charge is -2.36. The Morgan fingerprint density at radius 1 is 1.43 bits per heavy atom. The van der Waals surface area contributed by atoms with Gasteiger partial charge in [0.1, 0.15) is 6.67 Å². The van der Waals surface area contributed by atoms with E-state index in [2.05, 4.69) is 10.00 Å². The van der Waals surface area contributed by atoms with Gasteiger partial charge in [0, 0.05) is 12.6 Å². The van der Waals surface area contributed by atoms with Crippen molar-refractivity contribution in [3.05, 3.63) is 28.1 Å². The second-order valence-corrected chi connectivity index (χ2v) is 6.46. The molecule has 2 aliphatic rings. The zero-order valence-corrected chi connectivity index (χ0v) is 12.4. The Morgan fingerprint density at radius 3 is 3.24 bits per heavy atom. The summed E-state index contributed by atoms with van der Waals surface area (Å²) in [6.07, 6.45) is 3.77. The zero-order chi connectivity index (χ0) is 14.2. The van der Waals surface area contributed by atoms with E-state index in [-0.39, 0.29) is 5.76 Å². The van der Waals surface area contributed by atoms with Gasteiger partial charge in [-0.25, -0.2) is 4.79 Å². The second-order valence-electron chi connectivity index (χ2n) is 5.51. The van der Waals surface area contributed by atoms with Gasteiger partial charge in [-0.15, -0.1) is 16.4 Å². The van der Waals surface area contributed by atoms with Crippen molar-refractivity contribution in [2.45, 2.75) is 38.1 Å². The first-order valence-electron chi connectivity index (χ1n) is 7.29. The molecule has 21 heavy (non-hydrogen) atoms. The number of fused-ring (bicyclic) bond motifs is 1. The second kappa shape index (κ2) is 5.40. The minimum absolute atomic E-state index is 0.318. The fraction of sp³-hybridized carbons (Fsp3) is 0.571. The fourth-order valence-corrected chi connectivity index (χ4v) is 3.89. The molecule has 7 heteroatoms. The molecule has 112 valence electrons. The summed E-state index contributed by atoms with van der Waals surface area (Å²) >= 11 is 1.52. The summed E-state index contributed by atoms with van der Waals surface area (Å²) < 4.78 is 12.5. The average molecular weight is 307 g/mol. The molecule has 0 spiro atoms. The van der Waals surface area contributed by atoms with Crippen molar-refractivity contribution in [2.24, 2.45) is 0 Å². The molecule has 0 radical (unpaired) electrons. The number of ether oxygens (including phenoxy) is 1. The standard InChI is InChI=1S/C14H17N3O3S/c18-14-17(15-13(20-14)12-5-2-8-21-12)9-16-6-7-19-11-4-1-3-10(11)16/h2,5,8,10-11H,1,3-4,6-7,9H2/t10-,11-/m1/s1. The molecule has 3 heterocycles. The van der Waals surface area contributed by atoms with Gasteiger partial charge in [0.2, 0.25) is 0 Å². The summed E-state index contributed by atoms with van der Waals surface area (Å²) in [6.45, 7) is 2.05. The van der Waals surface area contributed by atoms with Gasteiger partial charge in [0.05, 0.1) is 17.6 Å². The summed E-state index contributed by atoms with van der Waals surface area (Å²) in [6, 6.07) is 4.24. The molecule has 0 bridgehead atoms. The normalized spacial score (nSPS) is 26.1. The van der Waals surface area contributed by atoms with Crippen LogP contribution in [0.1, 0.15) is 19.3 Å². The van der Waals surface area contributed by atoms with Crippen molar-refractivity contribution in [1.82, 2.24) is 14.7 Å². The molecule has 0 N–H and O–H groups in total. The van der Waals surface area contributed by atoms with Crippen LogP contribution >= 0.6 is 11.3 Å². The number of hydrogen-bond donors (Lipinski definition) is 0. The first kappa shape index (κ1) is 13.2. The van der Waals surface area contributed by atoms with Crippen LogP contribution in [0.2, 0.25) is 0 Å². The van der Waals surface area contributed by atoms with E-state index in [4.69, 9.17) is 9.15 Å². The van der Waals surface area contributed by atoms with Gasteiger partial charge < -0.3 is 9.15 Å². The number of morpholine rings is 1. The van der Waals surface area contributed by atoms with E-state index in [0.717, 1.165) is 30.9 Å². The topological polar surface area (TPSA) is 60.5 Å². The van der Waals surface area contributed by atoms with E-state index in [1.807, 2.05) is 17.5 Å². The molecule has 1 aliphatic carbocycles. The van der Waals surface area contributed by atoms with E-state index in [9.17, 15) is 4.79 Å². The Hall–Kier alpha value is -1.44. The van der Waals surface area contributed by atoms with E-state index in [1.54, 1.807) is 0 Å². The third-order valence-electron chi connectivity index (χ3n) is 4.25. The molecule has 2 atom stereocenters. The maximum atomic E-state index is 12.0. The Labute approximate surface area is 125 Å². The third kappa shape index (κ3) is 2.45. The first-order valence-corrected chi connectivity index (χ1v) is 8.17. The first-order chi connectivity index (χ1) is 10.3. The van der Waals surface area contributed by atoms with Gasteiger partial charge in [0.15, 0.2) is 0 Å². The predicted molar refractivity (Wildman–Crippen MR) is 78.2 cm³/mol. The molecule has 2 aromatic heterocycles. The number of rotatable bonds is 3. The summed E-state index contributed by atoms with van der Waals surface area (Å²) in [5.74, 6) is 0.0191. The highest BCUT2D eigenvalue weighted by Crippen LogP contribution is 2.30. The van der Waals surface area contributed by atoms with Gasteiger partial charge in [-0.2, -0.15) is 4.68 Å². The zero-order valence-electron chi connectivity index (χ0n) is 11.6. The molecule has 1 saturated heterocycles. The van der Waals surface area contributed by atoms with Crippen LogP contribution in [0.3, 0.4) is 0 Å². The highest BCUT2D eigenvalue weighted by atomic mass is 32.1. The summed E-state index contributed by atoms with van der Waals surface area (Å²) in [4.78, 5) is 15.2. The smallest absolute Gasteiger partial charge is 0.387 e. The Morgan fingerprint density at radius 2 is 2.38 bits per heavy atom. The SMILES string of the molecule is O=c1oc(-c2cccs2)nn1CN1CCO[C@@H]2CCC[C@H]21. The van der Waals surface area contributed by atoms with Crippen LogP contribution < -0.4 is 5.76 Å². The largest absolute Gasteiger partial charge is 0.438 e. The van der Waals surface area contributed by atoms with Crippen LogP contribution in [0.4, 0.5) is 0 Å². The maximum Gasteiger partial charge on any atom is 0.438 e. The van der Waals surface area contributed by atoms with Crippen molar-refractivity contribution in [1.29, 1.82) is 0 Å². The highest BCUT2D eigenvalue weighted by Gasteiger charge is 2.36. The quantitative estimate of drug-likeness (QED) is 0.865. The number of thiophene rings is 1. The van der Waals surface area contributed by atoms with E-state index >= 15 is 0 Å². The monoisotopic (exact) mass is 307 g/mol. The summed E-state index contributed by atoms with van der Waals surface area (Å²) in [7, 11) is 0. The van der Waals surface area contributed by atoms with Crippen molar-refractivity contribution >= 4 is 11.3 Å². The molecule has 1 aliphatic heterocycles. The van der Waals surface area contributed by atoms with Crippen molar-refractivity contribution in [3.63, 3.8) is 0 Å². The molecule has 6 nitrogen and oxygen atoms in total. The van der Waals surface area contributed by atoms with Crippen molar-refractivity contribution < 1.29 is 9.15 Å². The number of hydrogen-bond acceptors (Lipinski definition) is 6. The van der Waals surface area contributed by atoms with Crippen molar-refractivity contribution in [3.8, 4) is 10.8 Å². The molecule has 1 saturated carbocycles. The molecule has 0 amide bonds. The van der Waals surface area contributed by atoms with Crippen LogP contribution in [0.25, 0.3) is 10.8 Å². The van der Waals surface area contributed by atoms with E-state index < -0.39 is 0 Å². The fourth-order valence-electron chi connectivity index (χ4n) is 3.25. The van der Waals surface area contributed by atoms with Crippen LogP contribution in [0.15, 0.2) is 26.7 Å². The molecular weight excluding hydrogens is 290 g/mol. The molecular formula is C14H17N3O3S. The molecule has 0 aromatic carbocycles. The highest BCUT2D eigenvalue weighted by molar-refractivity contribution is 7.13. The van der Waals surface area contributed by atoms with Gasteiger partial charge in [0.25, 0.3) is 5.89 Å². The lowest BCUT2D eigenvalue weighted by Crippen LogP contribution is -2.49. The lowest BCUT2D eigenvalue weighted by molar-refractivity contribution is -0.0687. The van der Waals surface area contributed by atoms with Gasteiger partial charge in [-0.05, 0) is 30.7 Å². The molecule has 0 unspecified atom stereocenters. The average Bonchev–Trinajstić information content (AvgIpc) is 3.20. The van der Waals surface area contributed by atoms with Crippen LogP contribution in [-0.4, -0.2) is 40.0 Å². The molecule has 2 aromatic rings. The van der Waals surface area contributed by atoms with Gasteiger partial charge in [-0.1, -0.05) is 6.07 Å². The van der Waals surface area contributed by atoms with Crippen LogP contribution in [0, 0.1) is 0 Å². The van der Waals surface area contributed by atoms with E-state index in [1.165, 1.54) is 22.4 Å². The third-order valence-corrected chi connectivity index (χ3v) is 5.11. The summed E-state index contributed by atoms with van der Waals surface area (Å²) in [5.41, 5.74) is 0. The maximum absolute atomic E-state index is 12.0. The van der Waals surface area contributed by atoms with Gasteiger partial charge >= 0.3 is 5.76 Å². The summed E-state index contributed by atoms with van der Waals surface area (Å²) in [5, 5.41) is 6.27. The Kier molecular flexibility index (Phi) is 3.40. The number of aromatic nitrogens is 2. The van der Waals surface area contributed by atoms with E-state index in [0.29, 0.717) is 24.7 Å². The van der Waals surface area contributed by atoms with Gasteiger partial charge in [-0.3, -0.25) is 4.90 Å². The Bertz CT molecular complexity index is 663. The molecule has 4 rings (SSSR count). The number of nitrogens with zero attached hydrogens (tertiary/aromatic N) is 3. The Balaban J connectivity index is 1.55. The van der Waals surface area contributed by atoms with Crippen LogP contribution in [0.5, 0.6) is 0 Å². The van der Waals surface area contributed by atoms with Crippen LogP contribution in [-0.2, 0) is 11.4 Å². The molecule has 2 fully saturated rings. The predicted octanol–water partition coefficient (Wildman–Crippen LogP) is 1.78.